The van der Waals surface area contributed by atoms with Gasteiger partial charge in [0.05, 0.1) is 19.8 Å². The minimum absolute atomic E-state index is 0.575. The second-order valence-corrected chi connectivity index (χ2v) is 6.29. The van der Waals surface area contributed by atoms with Crippen LogP contribution in [0.3, 0.4) is 0 Å². The molecule has 0 saturated carbocycles. The Hall–Kier alpha value is -2.45. The SMILES string of the molecule is CN=C(NCc1ccccc1CN1CCOCC1)NCc1nncn1C. The van der Waals surface area contributed by atoms with Gasteiger partial charge in [-0.25, -0.2) is 0 Å². The minimum Gasteiger partial charge on any atom is -0.379 e. The zero-order valence-corrected chi connectivity index (χ0v) is 15.5. The van der Waals surface area contributed by atoms with Crippen molar-refractivity contribution in [3.8, 4) is 0 Å². The normalized spacial score (nSPS) is 15.8. The summed E-state index contributed by atoms with van der Waals surface area (Å²) in [4.78, 5) is 6.72. The molecule has 0 atom stereocenters. The molecule has 0 spiro atoms. The highest BCUT2D eigenvalue weighted by Crippen LogP contribution is 2.13. The third-order valence-corrected chi connectivity index (χ3v) is 4.51. The number of morpholine rings is 1. The number of aromatic nitrogens is 3. The van der Waals surface area contributed by atoms with Gasteiger partial charge in [-0.1, -0.05) is 24.3 Å². The Labute approximate surface area is 154 Å². The highest BCUT2D eigenvalue weighted by molar-refractivity contribution is 5.79. The van der Waals surface area contributed by atoms with Crippen LogP contribution in [0.4, 0.5) is 0 Å². The molecule has 8 heteroatoms. The molecule has 1 fully saturated rings. The number of nitrogens with zero attached hydrogens (tertiary/aromatic N) is 5. The average Bonchev–Trinajstić information content (AvgIpc) is 3.09. The van der Waals surface area contributed by atoms with Gasteiger partial charge in [0.2, 0.25) is 0 Å². The Morgan fingerprint density at radius 2 is 1.88 bits per heavy atom. The maximum atomic E-state index is 5.44. The molecule has 2 heterocycles. The summed E-state index contributed by atoms with van der Waals surface area (Å²) in [6.07, 6.45) is 1.69. The van der Waals surface area contributed by atoms with Gasteiger partial charge in [-0.3, -0.25) is 9.89 Å². The second kappa shape index (κ2) is 9.30. The highest BCUT2D eigenvalue weighted by Gasteiger charge is 2.13. The van der Waals surface area contributed by atoms with Gasteiger partial charge in [0, 0.05) is 40.3 Å². The van der Waals surface area contributed by atoms with Crippen LogP contribution in [0.2, 0.25) is 0 Å². The maximum absolute atomic E-state index is 5.44. The highest BCUT2D eigenvalue weighted by atomic mass is 16.5. The Morgan fingerprint density at radius 3 is 2.58 bits per heavy atom. The van der Waals surface area contributed by atoms with Gasteiger partial charge in [0.25, 0.3) is 0 Å². The maximum Gasteiger partial charge on any atom is 0.191 e. The lowest BCUT2D eigenvalue weighted by atomic mass is 10.1. The number of ether oxygens (including phenoxy) is 1. The number of aryl methyl sites for hydroxylation is 1. The van der Waals surface area contributed by atoms with Crippen LogP contribution in [0, 0.1) is 0 Å². The summed E-state index contributed by atoms with van der Waals surface area (Å²) in [7, 11) is 3.70. The topological polar surface area (TPSA) is 79.6 Å². The smallest absolute Gasteiger partial charge is 0.191 e. The molecule has 0 bridgehead atoms. The molecule has 1 aromatic heterocycles. The Bertz CT molecular complexity index is 722. The van der Waals surface area contributed by atoms with Gasteiger partial charge in [0.1, 0.15) is 6.33 Å². The van der Waals surface area contributed by atoms with Crippen molar-refractivity contribution in [1.82, 2.24) is 30.3 Å². The summed E-state index contributed by atoms with van der Waals surface area (Å²) in [6.45, 7) is 5.86. The first kappa shape index (κ1) is 18.3. The van der Waals surface area contributed by atoms with Crippen LogP contribution in [-0.4, -0.2) is 59.0 Å². The number of nitrogens with one attached hydrogen (secondary N) is 2. The lowest BCUT2D eigenvalue weighted by molar-refractivity contribution is 0.0341. The van der Waals surface area contributed by atoms with Crippen LogP contribution < -0.4 is 10.6 Å². The first-order valence-corrected chi connectivity index (χ1v) is 8.90. The van der Waals surface area contributed by atoms with Gasteiger partial charge in [0.15, 0.2) is 11.8 Å². The molecule has 0 aliphatic carbocycles. The molecular formula is C18H27N7O. The van der Waals surface area contributed by atoms with Crippen molar-refractivity contribution in [2.24, 2.45) is 12.0 Å². The van der Waals surface area contributed by atoms with Gasteiger partial charge in [-0.2, -0.15) is 0 Å². The molecule has 8 nitrogen and oxygen atoms in total. The van der Waals surface area contributed by atoms with E-state index in [2.05, 4.69) is 55.0 Å². The van der Waals surface area contributed by atoms with Crippen molar-refractivity contribution in [3.63, 3.8) is 0 Å². The minimum atomic E-state index is 0.575. The van der Waals surface area contributed by atoms with Gasteiger partial charge in [-0.15, -0.1) is 10.2 Å². The summed E-state index contributed by atoms with van der Waals surface area (Å²) in [6, 6.07) is 8.54. The van der Waals surface area contributed by atoms with Crippen molar-refractivity contribution < 1.29 is 4.74 Å². The lowest BCUT2D eigenvalue weighted by Crippen LogP contribution is -2.38. The molecule has 2 N–H and O–H groups in total. The van der Waals surface area contributed by atoms with E-state index in [1.807, 2.05) is 11.6 Å². The molecular weight excluding hydrogens is 330 g/mol. The summed E-state index contributed by atoms with van der Waals surface area (Å²) in [5, 5.41) is 14.6. The standard InChI is InChI=1S/C18H27N7O/c1-19-18(21-12-17-23-22-14-24(17)2)20-11-15-5-3-4-6-16(15)13-25-7-9-26-10-8-25/h3-6,14H,7-13H2,1-2H3,(H2,19,20,21). The van der Waals surface area contributed by atoms with Crippen LogP contribution in [0.5, 0.6) is 0 Å². The molecule has 26 heavy (non-hydrogen) atoms. The number of guanidine groups is 1. The van der Waals surface area contributed by atoms with E-state index in [9.17, 15) is 0 Å². The van der Waals surface area contributed by atoms with Crippen LogP contribution in [-0.2, 0) is 31.4 Å². The van der Waals surface area contributed by atoms with Crippen molar-refractivity contribution in [1.29, 1.82) is 0 Å². The Kier molecular flexibility index (Phi) is 6.56. The fourth-order valence-corrected chi connectivity index (χ4v) is 2.91. The number of hydrogen-bond acceptors (Lipinski definition) is 5. The number of rotatable bonds is 6. The van der Waals surface area contributed by atoms with E-state index < -0.39 is 0 Å². The van der Waals surface area contributed by atoms with Crippen molar-refractivity contribution in [2.75, 3.05) is 33.4 Å². The van der Waals surface area contributed by atoms with Crippen LogP contribution >= 0.6 is 0 Å². The largest absolute Gasteiger partial charge is 0.379 e. The van der Waals surface area contributed by atoms with Crippen LogP contribution in [0.15, 0.2) is 35.6 Å². The van der Waals surface area contributed by atoms with E-state index in [1.165, 1.54) is 11.1 Å². The Morgan fingerprint density at radius 1 is 1.15 bits per heavy atom. The molecule has 3 rings (SSSR count). The summed E-state index contributed by atoms with van der Waals surface area (Å²) >= 11 is 0. The molecule has 140 valence electrons. The first-order valence-electron chi connectivity index (χ1n) is 8.90. The number of aliphatic imine (C=N–C) groups is 1. The van der Waals surface area contributed by atoms with Gasteiger partial charge < -0.3 is 19.9 Å². The van der Waals surface area contributed by atoms with E-state index >= 15 is 0 Å². The van der Waals surface area contributed by atoms with E-state index in [0.717, 1.165) is 51.2 Å². The van der Waals surface area contributed by atoms with E-state index in [4.69, 9.17) is 4.74 Å². The van der Waals surface area contributed by atoms with Crippen LogP contribution in [0.25, 0.3) is 0 Å². The molecule has 0 unspecified atom stereocenters. The van der Waals surface area contributed by atoms with Crippen molar-refractivity contribution >= 4 is 5.96 Å². The molecule has 1 aliphatic rings. The zero-order chi connectivity index (χ0) is 18.2. The van der Waals surface area contributed by atoms with Gasteiger partial charge >= 0.3 is 0 Å². The molecule has 1 aromatic carbocycles. The summed E-state index contributed by atoms with van der Waals surface area (Å²) in [5.74, 6) is 1.61. The predicted molar refractivity (Wildman–Crippen MR) is 101 cm³/mol. The van der Waals surface area contributed by atoms with Crippen LogP contribution in [0.1, 0.15) is 17.0 Å². The third-order valence-electron chi connectivity index (χ3n) is 4.51. The monoisotopic (exact) mass is 357 g/mol. The summed E-state index contributed by atoms with van der Waals surface area (Å²) < 4.78 is 7.32. The fourth-order valence-electron chi connectivity index (χ4n) is 2.91. The van der Waals surface area contributed by atoms with Crippen molar-refractivity contribution in [2.45, 2.75) is 19.6 Å². The zero-order valence-electron chi connectivity index (χ0n) is 15.5. The summed E-state index contributed by atoms with van der Waals surface area (Å²) in [5.41, 5.74) is 2.62. The van der Waals surface area contributed by atoms with E-state index in [-0.39, 0.29) is 0 Å². The van der Waals surface area contributed by atoms with Crippen molar-refractivity contribution in [3.05, 3.63) is 47.5 Å². The van der Waals surface area contributed by atoms with E-state index in [1.54, 1.807) is 13.4 Å². The molecule has 1 aliphatic heterocycles. The molecule has 0 amide bonds. The Balaban J connectivity index is 1.55. The third kappa shape index (κ3) is 5.03. The molecule has 0 radical (unpaired) electrons. The quantitative estimate of drug-likeness (QED) is 0.579. The fraction of sp³-hybridized carbons (Fsp3) is 0.500. The molecule has 2 aromatic rings. The molecule has 1 saturated heterocycles. The number of benzene rings is 1. The number of hydrogen-bond donors (Lipinski definition) is 2. The average molecular weight is 357 g/mol. The second-order valence-electron chi connectivity index (χ2n) is 6.29. The predicted octanol–water partition coefficient (Wildman–Crippen LogP) is 0.513. The van der Waals surface area contributed by atoms with E-state index in [0.29, 0.717) is 6.54 Å². The lowest BCUT2D eigenvalue weighted by Gasteiger charge is -2.27. The van der Waals surface area contributed by atoms with Gasteiger partial charge in [-0.05, 0) is 11.1 Å². The first-order chi connectivity index (χ1) is 12.8.